The monoisotopic (exact) mass is 319 g/mol. The summed E-state index contributed by atoms with van der Waals surface area (Å²) < 4.78 is 43.6. The molecule has 6 nitrogen and oxygen atoms in total. The van der Waals surface area contributed by atoms with Crippen molar-refractivity contribution in [2.75, 3.05) is 0 Å². The van der Waals surface area contributed by atoms with Gasteiger partial charge in [-0.25, -0.2) is 9.78 Å². The van der Waals surface area contributed by atoms with Crippen LogP contribution in [0.3, 0.4) is 0 Å². The molecular weight excluding hydrogens is 303 g/mol. The van der Waals surface area contributed by atoms with Crippen LogP contribution in [0.5, 0.6) is 0 Å². The lowest BCUT2D eigenvalue weighted by Gasteiger charge is -2.24. The van der Waals surface area contributed by atoms with E-state index in [2.05, 4.69) is 9.97 Å². The van der Waals surface area contributed by atoms with Crippen LogP contribution < -0.4 is 5.32 Å². The van der Waals surface area contributed by atoms with Gasteiger partial charge in [-0.15, -0.1) is 0 Å². The highest BCUT2D eigenvalue weighted by Crippen LogP contribution is 2.24. The molecule has 0 saturated carbocycles. The van der Waals surface area contributed by atoms with Gasteiger partial charge in [-0.1, -0.05) is 0 Å². The molecular formula is C13H16F3N3O3. The summed E-state index contributed by atoms with van der Waals surface area (Å²) in [4.78, 5) is 30.5. The van der Waals surface area contributed by atoms with Gasteiger partial charge in [-0.2, -0.15) is 13.2 Å². The Kier molecular flexibility index (Phi) is 5.45. The molecule has 0 bridgehead atoms. The van der Waals surface area contributed by atoms with Crippen LogP contribution in [-0.2, 0) is 4.74 Å². The third-order valence-corrected chi connectivity index (χ3v) is 2.32. The van der Waals surface area contributed by atoms with Crippen LogP contribution in [0.4, 0.5) is 18.0 Å². The van der Waals surface area contributed by atoms with Crippen molar-refractivity contribution in [3.63, 3.8) is 0 Å². The quantitative estimate of drug-likeness (QED) is 0.862. The fourth-order valence-corrected chi connectivity index (χ4v) is 1.43. The van der Waals surface area contributed by atoms with Gasteiger partial charge < -0.3 is 10.1 Å². The second kappa shape index (κ2) is 6.71. The fourth-order valence-electron chi connectivity index (χ4n) is 1.43. The lowest BCUT2D eigenvalue weighted by atomic mass is 10.1. The number of aromatic nitrogens is 2. The minimum atomic E-state index is -4.80. The number of ketones is 1. The lowest BCUT2D eigenvalue weighted by molar-refractivity contribution is -0.154. The number of amides is 1. The molecule has 9 heteroatoms. The van der Waals surface area contributed by atoms with E-state index in [1.54, 1.807) is 5.32 Å². The van der Waals surface area contributed by atoms with E-state index in [1.165, 1.54) is 33.2 Å². The summed E-state index contributed by atoms with van der Waals surface area (Å²) in [5.74, 6) is -0.883. The lowest BCUT2D eigenvalue weighted by Crippen LogP contribution is -2.48. The Morgan fingerprint density at radius 2 is 1.91 bits per heavy atom. The zero-order chi connectivity index (χ0) is 17.0. The second-order valence-corrected chi connectivity index (χ2v) is 5.46. The van der Waals surface area contributed by atoms with Gasteiger partial charge in [0.25, 0.3) is 0 Å². The summed E-state index contributed by atoms with van der Waals surface area (Å²) in [6.07, 6.45) is -3.49. The molecule has 0 aliphatic heterocycles. The molecule has 0 aromatic carbocycles. The highest BCUT2D eigenvalue weighted by atomic mass is 19.4. The van der Waals surface area contributed by atoms with E-state index in [0.717, 1.165) is 6.20 Å². The Balaban J connectivity index is 2.78. The van der Waals surface area contributed by atoms with Gasteiger partial charge in [0.05, 0.1) is 6.20 Å². The number of carbonyl (C=O) groups is 2. The summed E-state index contributed by atoms with van der Waals surface area (Å²) >= 11 is 0. The third kappa shape index (κ3) is 6.06. The first kappa shape index (κ1) is 17.9. The van der Waals surface area contributed by atoms with Crippen LogP contribution in [0.2, 0.25) is 0 Å². The molecule has 1 heterocycles. The zero-order valence-electron chi connectivity index (χ0n) is 12.3. The predicted octanol–water partition coefficient (Wildman–Crippen LogP) is 2.51. The number of nitrogens with one attached hydrogen (secondary N) is 1. The maximum Gasteiger partial charge on any atom is 0.409 e. The number of rotatable bonds is 4. The van der Waals surface area contributed by atoms with E-state index in [4.69, 9.17) is 4.74 Å². The van der Waals surface area contributed by atoms with E-state index < -0.39 is 36.1 Å². The van der Waals surface area contributed by atoms with Gasteiger partial charge in [0, 0.05) is 18.8 Å². The molecule has 1 rings (SSSR count). The SMILES string of the molecule is CC(C)(C)OC(=O)NC(CC(=O)c1cnccn1)C(F)(F)F. The van der Waals surface area contributed by atoms with Crippen molar-refractivity contribution < 1.29 is 27.5 Å². The molecule has 1 amide bonds. The Bertz CT molecular complexity index is 527. The molecule has 1 N–H and O–H groups in total. The fraction of sp³-hybridized carbons (Fsp3) is 0.538. The van der Waals surface area contributed by atoms with E-state index in [1.807, 2.05) is 0 Å². The van der Waals surface area contributed by atoms with Crippen molar-refractivity contribution in [2.45, 2.75) is 45.0 Å². The van der Waals surface area contributed by atoms with Gasteiger partial charge in [0.2, 0.25) is 0 Å². The first-order chi connectivity index (χ1) is 9.99. The number of carbonyl (C=O) groups excluding carboxylic acids is 2. The molecule has 1 atom stereocenters. The standard InChI is InChI=1S/C13H16F3N3O3/c1-12(2,3)22-11(21)19-10(13(14,15)16)6-9(20)8-7-17-4-5-18-8/h4-5,7,10H,6H2,1-3H3,(H,19,21). The molecule has 0 aliphatic carbocycles. The summed E-state index contributed by atoms with van der Waals surface area (Å²) in [6.45, 7) is 4.54. The van der Waals surface area contributed by atoms with Gasteiger partial charge in [-0.05, 0) is 20.8 Å². The summed E-state index contributed by atoms with van der Waals surface area (Å²) in [6, 6.07) is -2.36. The van der Waals surface area contributed by atoms with Gasteiger partial charge >= 0.3 is 12.3 Å². The second-order valence-electron chi connectivity index (χ2n) is 5.46. The maximum atomic E-state index is 12.9. The number of halogens is 3. The summed E-state index contributed by atoms with van der Waals surface area (Å²) in [5.41, 5.74) is -1.16. The van der Waals surface area contributed by atoms with Crippen molar-refractivity contribution in [1.29, 1.82) is 0 Å². The van der Waals surface area contributed by atoms with Gasteiger partial charge in [0.15, 0.2) is 5.78 Å². The average molecular weight is 319 g/mol. The average Bonchev–Trinajstić information content (AvgIpc) is 2.35. The molecule has 22 heavy (non-hydrogen) atoms. The van der Waals surface area contributed by atoms with Crippen molar-refractivity contribution in [3.05, 3.63) is 24.3 Å². The number of Topliss-reactive ketones (excluding diaryl/α,β-unsaturated/α-hetero) is 1. The molecule has 0 saturated heterocycles. The molecule has 1 aromatic rings. The van der Waals surface area contributed by atoms with Crippen molar-refractivity contribution in [3.8, 4) is 0 Å². The van der Waals surface area contributed by atoms with Crippen LogP contribution in [0.1, 0.15) is 37.7 Å². The highest BCUT2D eigenvalue weighted by molar-refractivity contribution is 5.94. The molecule has 0 fully saturated rings. The van der Waals surface area contributed by atoms with E-state index >= 15 is 0 Å². The van der Waals surface area contributed by atoms with Crippen molar-refractivity contribution >= 4 is 11.9 Å². The van der Waals surface area contributed by atoms with Crippen LogP contribution in [0.15, 0.2) is 18.6 Å². The summed E-state index contributed by atoms with van der Waals surface area (Å²) in [7, 11) is 0. The number of alkyl halides is 3. The Morgan fingerprint density at radius 1 is 1.27 bits per heavy atom. The number of alkyl carbamates (subject to hydrolysis) is 1. The van der Waals surface area contributed by atoms with Gasteiger partial charge in [-0.3, -0.25) is 9.78 Å². The molecule has 1 aromatic heterocycles. The number of hydrogen-bond donors (Lipinski definition) is 1. The molecule has 0 spiro atoms. The normalized spacial score (nSPS) is 13.4. The van der Waals surface area contributed by atoms with E-state index in [9.17, 15) is 22.8 Å². The Labute approximate surface area is 125 Å². The Hall–Kier alpha value is -2.19. The van der Waals surface area contributed by atoms with Crippen LogP contribution in [0.25, 0.3) is 0 Å². The largest absolute Gasteiger partial charge is 0.444 e. The molecule has 0 aliphatic rings. The topological polar surface area (TPSA) is 81.2 Å². The van der Waals surface area contributed by atoms with Crippen molar-refractivity contribution in [2.24, 2.45) is 0 Å². The number of nitrogens with zero attached hydrogens (tertiary/aromatic N) is 2. The van der Waals surface area contributed by atoms with Crippen LogP contribution >= 0.6 is 0 Å². The van der Waals surface area contributed by atoms with Crippen LogP contribution in [-0.4, -0.2) is 39.7 Å². The number of ether oxygens (including phenoxy) is 1. The van der Waals surface area contributed by atoms with E-state index in [-0.39, 0.29) is 5.69 Å². The minimum Gasteiger partial charge on any atom is -0.444 e. The smallest absolute Gasteiger partial charge is 0.409 e. The molecule has 0 radical (unpaired) electrons. The predicted molar refractivity (Wildman–Crippen MR) is 70.2 cm³/mol. The molecule has 122 valence electrons. The minimum absolute atomic E-state index is 0.206. The summed E-state index contributed by atoms with van der Waals surface area (Å²) in [5, 5.41) is 1.66. The number of hydrogen-bond acceptors (Lipinski definition) is 5. The maximum absolute atomic E-state index is 12.9. The Morgan fingerprint density at radius 3 is 2.36 bits per heavy atom. The highest BCUT2D eigenvalue weighted by Gasteiger charge is 2.43. The molecule has 1 unspecified atom stereocenters. The van der Waals surface area contributed by atoms with Crippen LogP contribution in [0, 0.1) is 0 Å². The zero-order valence-corrected chi connectivity index (χ0v) is 12.3. The van der Waals surface area contributed by atoms with Gasteiger partial charge in [0.1, 0.15) is 17.3 Å². The van der Waals surface area contributed by atoms with Crippen molar-refractivity contribution in [1.82, 2.24) is 15.3 Å². The third-order valence-electron chi connectivity index (χ3n) is 2.32. The first-order valence-electron chi connectivity index (χ1n) is 6.34. The first-order valence-corrected chi connectivity index (χ1v) is 6.34. The van der Waals surface area contributed by atoms with E-state index in [0.29, 0.717) is 0 Å².